The van der Waals surface area contributed by atoms with Gasteiger partial charge in [0, 0.05) is 10.9 Å². The van der Waals surface area contributed by atoms with E-state index >= 15 is 0 Å². The quantitative estimate of drug-likeness (QED) is 0.525. The number of ether oxygens (including phenoxy) is 1. The fourth-order valence-corrected chi connectivity index (χ4v) is 3.20. The molecule has 7 nitrogen and oxygen atoms in total. The number of aromatic nitrogens is 3. The number of nitrogens with one attached hydrogen (secondary N) is 1. The molecule has 1 N–H and O–H groups in total. The molecule has 0 spiro atoms. The first-order valence-corrected chi connectivity index (χ1v) is 9.40. The molecule has 4 rings (SSSR count). The summed E-state index contributed by atoms with van der Waals surface area (Å²) in [5.41, 5.74) is 2.12. The fraction of sp³-hybridized carbons (Fsp3) is 0.100. The maximum Gasteiger partial charge on any atom is 0.264 e. The van der Waals surface area contributed by atoms with Crippen LogP contribution in [0.2, 0.25) is 0 Å². The van der Waals surface area contributed by atoms with E-state index in [4.69, 9.17) is 9.26 Å². The van der Waals surface area contributed by atoms with Gasteiger partial charge in [-0.05, 0) is 19.1 Å². The lowest BCUT2D eigenvalue weighted by atomic mass is 10.2. The van der Waals surface area contributed by atoms with Crippen molar-refractivity contribution in [1.29, 1.82) is 0 Å². The Hall–Kier alpha value is -3.52. The normalized spacial score (nSPS) is 10.6. The van der Waals surface area contributed by atoms with Crippen molar-refractivity contribution in [1.82, 2.24) is 15.1 Å². The highest BCUT2D eigenvalue weighted by atomic mass is 32.1. The van der Waals surface area contributed by atoms with E-state index in [0.717, 1.165) is 11.3 Å². The van der Waals surface area contributed by atoms with Gasteiger partial charge in [-0.1, -0.05) is 47.6 Å². The Balaban J connectivity index is 1.46. The zero-order valence-electron chi connectivity index (χ0n) is 15.0. The number of rotatable bonds is 6. The first-order chi connectivity index (χ1) is 13.7. The number of hydrogen-bond acceptors (Lipinski definition) is 7. The summed E-state index contributed by atoms with van der Waals surface area (Å²) >= 11 is 1.37. The van der Waals surface area contributed by atoms with Crippen LogP contribution in [0.15, 0.2) is 64.5 Å². The second kappa shape index (κ2) is 8.01. The summed E-state index contributed by atoms with van der Waals surface area (Å²) in [5, 5.41) is 9.16. The molecule has 0 unspecified atom stereocenters. The Morgan fingerprint density at radius 1 is 1.11 bits per heavy atom. The molecular weight excluding hydrogens is 376 g/mol. The average Bonchev–Trinajstić information content (AvgIpc) is 3.36. The van der Waals surface area contributed by atoms with E-state index in [-0.39, 0.29) is 12.5 Å². The number of hydrogen-bond donors (Lipinski definition) is 1. The summed E-state index contributed by atoms with van der Waals surface area (Å²) in [6.45, 7) is 1.93. The maximum atomic E-state index is 12.6. The minimum atomic E-state index is -0.291. The molecule has 0 aliphatic heterocycles. The molecule has 0 bridgehead atoms. The van der Waals surface area contributed by atoms with E-state index in [2.05, 4.69) is 20.4 Å². The highest BCUT2D eigenvalue weighted by Gasteiger charge is 2.15. The van der Waals surface area contributed by atoms with Crippen LogP contribution in [0.1, 0.15) is 21.9 Å². The second-order valence-electron chi connectivity index (χ2n) is 5.91. The van der Waals surface area contributed by atoms with Crippen LogP contribution < -0.4 is 10.1 Å². The highest BCUT2D eigenvalue weighted by Crippen LogP contribution is 2.23. The molecule has 8 heteroatoms. The smallest absolute Gasteiger partial charge is 0.264 e. The number of thiazole rings is 1. The van der Waals surface area contributed by atoms with Crippen molar-refractivity contribution in [3.63, 3.8) is 0 Å². The number of carbonyl (C=O) groups is 1. The minimum Gasteiger partial charge on any atom is -0.483 e. The summed E-state index contributed by atoms with van der Waals surface area (Å²) in [6.07, 6.45) is 0. The number of amides is 1. The van der Waals surface area contributed by atoms with E-state index in [1.807, 2.05) is 42.6 Å². The molecule has 0 radical (unpaired) electrons. The summed E-state index contributed by atoms with van der Waals surface area (Å²) in [6, 6.07) is 16.5. The maximum absolute atomic E-state index is 12.6. The van der Waals surface area contributed by atoms with Crippen molar-refractivity contribution in [2.24, 2.45) is 0 Å². The number of benzene rings is 2. The van der Waals surface area contributed by atoms with Crippen LogP contribution in [-0.4, -0.2) is 21.0 Å². The van der Waals surface area contributed by atoms with Crippen LogP contribution in [0.3, 0.4) is 0 Å². The Bertz CT molecular complexity index is 1090. The summed E-state index contributed by atoms with van der Waals surface area (Å²) in [5.74, 6) is 0.946. The number of aryl methyl sites for hydroxylation is 1. The van der Waals surface area contributed by atoms with E-state index in [9.17, 15) is 4.79 Å². The predicted octanol–water partition coefficient (Wildman–Crippen LogP) is 4.33. The van der Waals surface area contributed by atoms with Gasteiger partial charge >= 0.3 is 0 Å². The van der Waals surface area contributed by atoms with Gasteiger partial charge in [0.15, 0.2) is 11.7 Å². The lowest BCUT2D eigenvalue weighted by Crippen LogP contribution is -2.13. The third kappa shape index (κ3) is 4.07. The summed E-state index contributed by atoms with van der Waals surface area (Å²) in [7, 11) is 0. The summed E-state index contributed by atoms with van der Waals surface area (Å²) < 4.78 is 11.0. The van der Waals surface area contributed by atoms with Crippen molar-refractivity contribution < 1.29 is 14.1 Å². The van der Waals surface area contributed by atoms with Crippen LogP contribution in [0.5, 0.6) is 5.75 Å². The van der Waals surface area contributed by atoms with Gasteiger partial charge in [0.25, 0.3) is 11.8 Å². The van der Waals surface area contributed by atoms with Gasteiger partial charge in [-0.3, -0.25) is 10.1 Å². The molecule has 0 fully saturated rings. The van der Waals surface area contributed by atoms with E-state index in [0.29, 0.717) is 28.2 Å². The summed E-state index contributed by atoms with van der Waals surface area (Å²) in [4.78, 5) is 21.1. The highest BCUT2D eigenvalue weighted by molar-refractivity contribution is 7.13. The zero-order chi connectivity index (χ0) is 19.3. The fourth-order valence-electron chi connectivity index (χ4n) is 2.51. The molecule has 0 atom stereocenters. The number of anilines is 1. The first kappa shape index (κ1) is 17.9. The van der Waals surface area contributed by atoms with Gasteiger partial charge in [0.1, 0.15) is 5.75 Å². The van der Waals surface area contributed by atoms with Crippen molar-refractivity contribution in [2.45, 2.75) is 13.5 Å². The van der Waals surface area contributed by atoms with Gasteiger partial charge in [0.2, 0.25) is 5.82 Å². The molecule has 0 aliphatic carbocycles. The molecule has 140 valence electrons. The second-order valence-corrected chi connectivity index (χ2v) is 6.77. The van der Waals surface area contributed by atoms with Gasteiger partial charge in [-0.15, -0.1) is 11.3 Å². The largest absolute Gasteiger partial charge is 0.483 e. The van der Waals surface area contributed by atoms with Crippen LogP contribution in [-0.2, 0) is 6.61 Å². The predicted molar refractivity (Wildman–Crippen MR) is 105 cm³/mol. The van der Waals surface area contributed by atoms with Crippen molar-refractivity contribution in [3.8, 4) is 17.1 Å². The average molecular weight is 392 g/mol. The molecule has 2 aromatic carbocycles. The van der Waals surface area contributed by atoms with E-state index in [1.54, 1.807) is 24.3 Å². The van der Waals surface area contributed by atoms with Gasteiger partial charge < -0.3 is 9.26 Å². The molecule has 2 heterocycles. The van der Waals surface area contributed by atoms with Crippen LogP contribution in [0.4, 0.5) is 5.13 Å². The molecule has 2 aromatic heterocycles. The van der Waals surface area contributed by atoms with Gasteiger partial charge in [0.05, 0.1) is 11.3 Å². The lowest BCUT2D eigenvalue weighted by molar-refractivity contribution is 0.102. The monoisotopic (exact) mass is 392 g/mol. The first-order valence-electron chi connectivity index (χ1n) is 8.52. The Labute approximate surface area is 165 Å². The Kier molecular flexibility index (Phi) is 5.11. The third-order valence-electron chi connectivity index (χ3n) is 3.82. The topological polar surface area (TPSA) is 90.1 Å². The number of para-hydroxylation sites is 1. The van der Waals surface area contributed by atoms with Crippen molar-refractivity contribution in [2.75, 3.05) is 5.32 Å². The zero-order valence-corrected chi connectivity index (χ0v) is 15.8. The van der Waals surface area contributed by atoms with Crippen molar-refractivity contribution in [3.05, 3.63) is 77.1 Å². The number of carbonyl (C=O) groups excluding carboxylic acids is 1. The van der Waals surface area contributed by atoms with Crippen LogP contribution >= 0.6 is 11.3 Å². The molecular formula is C20H16N4O3S. The number of nitrogens with zero attached hydrogens (tertiary/aromatic N) is 3. The van der Waals surface area contributed by atoms with Gasteiger partial charge in [-0.25, -0.2) is 4.98 Å². The molecule has 0 saturated heterocycles. The minimum absolute atomic E-state index is 0.0560. The van der Waals surface area contributed by atoms with E-state index < -0.39 is 0 Å². The Morgan fingerprint density at radius 3 is 2.68 bits per heavy atom. The van der Waals surface area contributed by atoms with E-state index in [1.165, 1.54) is 11.3 Å². The molecule has 0 aliphatic rings. The standard InChI is InChI=1S/C20H16N4O3S/c1-13-12-28-20(21-13)23-19(25)15-9-5-6-10-16(15)26-11-17-22-18(24-27-17)14-7-3-2-4-8-14/h2-10,12H,11H2,1H3,(H,21,23,25). The van der Waals surface area contributed by atoms with Gasteiger partial charge in [-0.2, -0.15) is 4.98 Å². The Morgan fingerprint density at radius 2 is 1.89 bits per heavy atom. The van der Waals surface area contributed by atoms with Crippen LogP contribution in [0, 0.1) is 6.92 Å². The third-order valence-corrected chi connectivity index (χ3v) is 4.70. The lowest BCUT2D eigenvalue weighted by Gasteiger charge is -2.09. The molecule has 0 saturated carbocycles. The van der Waals surface area contributed by atoms with Crippen LogP contribution in [0.25, 0.3) is 11.4 Å². The molecule has 28 heavy (non-hydrogen) atoms. The SMILES string of the molecule is Cc1csc(NC(=O)c2ccccc2OCc2nc(-c3ccccc3)no2)n1. The molecule has 1 amide bonds. The van der Waals surface area contributed by atoms with Crippen molar-refractivity contribution >= 4 is 22.4 Å². The molecule has 4 aromatic rings.